The van der Waals surface area contributed by atoms with Crippen molar-refractivity contribution >= 4 is 29.4 Å². The number of amides is 1. The van der Waals surface area contributed by atoms with E-state index in [2.05, 4.69) is 25.6 Å². The highest BCUT2D eigenvalue weighted by Crippen LogP contribution is 2.33. The summed E-state index contributed by atoms with van der Waals surface area (Å²) in [6, 6.07) is 5.66. The number of methoxy groups -OCH3 is 1. The molecule has 1 aromatic carbocycles. The largest absolute Gasteiger partial charge is 0.495 e. The fraction of sp³-hybridized carbons (Fsp3) is 0.294. The number of aliphatic imine (C=N–C) groups is 1. The average Bonchev–Trinajstić information content (AvgIpc) is 3.34. The highest BCUT2D eigenvalue weighted by molar-refractivity contribution is 5.93. The summed E-state index contributed by atoms with van der Waals surface area (Å²) in [7, 11) is 1.63. The Bertz CT molecular complexity index is 830. The number of nitrogens with one attached hydrogen (secondary N) is 2. The van der Waals surface area contributed by atoms with E-state index in [1.165, 1.54) is 6.33 Å². The number of benzene rings is 1. The van der Waals surface area contributed by atoms with Crippen LogP contribution in [0.1, 0.15) is 24.0 Å². The first-order valence-corrected chi connectivity index (χ1v) is 7.83. The van der Waals surface area contributed by atoms with E-state index in [0.29, 0.717) is 18.2 Å². The summed E-state index contributed by atoms with van der Waals surface area (Å²) in [6.07, 6.45) is 5.18. The molecule has 1 saturated carbocycles. The normalized spacial score (nSPS) is 15.0. The van der Waals surface area contributed by atoms with Crippen LogP contribution >= 0.6 is 0 Å². The molecule has 1 aliphatic carbocycles. The molecule has 1 fully saturated rings. The number of hydrogen-bond donors (Lipinski definition) is 2. The topological polar surface area (TPSA) is 88.5 Å². The van der Waals surface area contributed by atoms with Crippen molar-refractivity contribution in [3.05, 3.63) is 35.7 Å². The Morgan fingerprint density at radius 3 is 2.83 bits per heavy atom. The predicted octanol–water partition coefficient (Wildman–Crippen LogP) is 2.51. The number of anilines is 3. The molecule has 1 amide bonds. The Balaban J connectivity index is 1.56. The first-order valence-electron chi connectivity index (χ1n) is 7.83. The number of ether oxygens (including phenoxy) is 1. The Morgan fingerprint density at radius 1 is 1.21 bits per heavy atom. The molecule has 2 heterocycles. The van der Waals surface area contributed by atoms with Gasteiger partial charge in [0.05, 0.1) is 19.3 Å². The van der Waals surface area contributed by atoms with Crippen LogP contribution in [0.2, 0.25) is 0 Å². The van der Waals surface area contributed by atoms with E-state index in [1.807, 2.05) is 18.3 Å². The first-order chi connectivity index (χ1) is 11.7. The Morgan fingerprint density at radius 2 is 2.04 bits per heavy atom. The van der Waals surface area contributed by atoms with Crippen molar-refractivity contribution in [2.75, 3.05) is 17.7 Å². The summed E-state index contributed by atoms with van der Waals surface area (Å²) in [4.78, 5) is 24.4. The van der Waals surface area contributed by atoms with Crippen molar-refractivity contribution in [3.8, 4) is 5.75 Å². The minimum atomic E-state index is 0.0194. The van der Waals surface area contributed by atoms with Crippen LogP contribution < -0.4 is 15.4 Å². The van der Waals surface area contributed by atoms with Crippen molar-refractivity contribution in [1.29, 1.82) is 0 Å². The summed E-state index contributed by atoms with van der Waals surface area (Å²) in [5.41, 5.74) is 3.00. The lowest BCUT2D eigenvalue weighted by molar-refractivity contribution is -0.117. The van der Waals surface area contributed by atoms with E-state index in [-0.39, 0.29) is 11.8 Å². The van der Waals surface area contributed by atoms with Crippen molar-refractivity contribution in [1.82, 2.24) is 9.97 Å². The highest BCUT2D eigenvalue weighted by atomic mass is 16.5. The predicted molar refractivity (Wildman–Crippen MR) is 91.0 cm³/mol. The molecule has 7 heteroatoms. The number of nitrogens with zero attached hydrogens (tertiary/aromatic N) is 3. The average molecular weight is 323 g/mol. The van der Waals surface area contributed by atoms with Gasteiger partial charge in [-0.05, 0) is 36.1 Å². The number of rotatable bonds is 5. The molecule has 1 aliphatic heterocycles. The molecule has 0 spiro atoms. The smallest absolute Gasteiger partial charge is 0.228 e. The van der Waals surface area contributed by atoms with E-state index >= 15 is 0 Å². The molecule has 0 bridgehead atoms. The van der Waals surface area contributed by atoms with Gasteiger partial charge in [-0.25, -0.2) is 9.97 Å². The summed E-state index contributed by atoms with van der Waals surface area (Å²) in [6.45, 7) is 0.677. The van der Waals surface area contributed by atoms with Crippen molar-refractivity contribution < 1.29 is 9.53 Å². The van der Waals surface area contributed by atoms with Crippen molar-refractivity contribution in [3.63, 3.8) is 0 Å². The fourth-order valence-corrected chi connectivity index (χ4v) is 2.61. The third-order valence-corrected chi connectivity index (χ3v) is 4.08. The molecule has 1 aromatic heterocycles. The van der Waals surface area contributed by atoms with Crippen molar-refractivity contribution in [2.45, 2.75) is 19.4 Å². The molecule has 24 heavy (non-hydrogen) atoms. The zero-order chi connectivity index (χ0) is 16.5. The zero-order valence-electron chi connectivity index (χ0n) is 13.2. The maximum absolute atomic E-state index is 11.8. The van der Waals surface area contributed by atoms with Gasteiger partial charge in [-0.3, -0.25) is 9.79 Å². The van der Waals surface area contributed by atoms with Crippen LogP contribution in [-0.2, 0) is 11.3 Å². The van der Waals surface area contributed by atoms with Gasteiger partial charge in [-0.2, -0.15) is 0 Å². The monoisotopic (exact) mass is 323 g/mol. The number of hydrogen-bond acceptors (Lipinski definition) is 6. The highest BCUT2D eigenvalue weighted by Gasteiger charge is 2.29. The summed E-state index contributed by atoms with van der Waals surface area (Å²) < 4.78 is 5.45. The Hall–Kier alpha value is -2.96. The molecule has 2 N–H and O–H groups in total. The molecule has 4 rings (SSSR count). The van der Waals surface area contributed by atoms with Gasteiger partial charge in [0.1, 0.15) is 23.7 Å². The van der Waals surface area contributed by atoms with Crippen LogP contribution in [0.4, 0.5) is 17.3 Å². The van der Waals surface area contributed by atoms with Gasteiger partial charge in [-0.15, -0.1) is 0 Å². The summed E-state index contributed by atoms with van der Waals surface area (Å²) in [5.74, 6) is 1.95. The SMILES string of the molecule is COc1cc2c(cc1Nc1cc(NC(=O)C3CC3)ncn1)C=NC2. The van der Waals surface area contributed by atoms with Gasteiger partial charge in [0.15, 0.2) is 0 Å². The zero-order valence-corrected chi connectivity index (χ0v) is 13.2. The van der Waals surface area contributed by atoms with Crippen LogP contribution in [0.3, 0.4) is 0 Å². The molecule has 0 unspecified atom stereocenters. The number of aromatic nitrogens is 2. The molecule has 122 valence electrons. The standard InChI is InChI=1S/C17H17N5O2/c1-24-14-5-12-8-18-7-11(12)4-13(14)21-15-6-16(20-9-19-15)22-17(23)10-2-3-10/h4-7,9-10H,2-3,8H2,1H3,(H2,19,20,21,22,23). The lowest BCUT2D eigenvalue weighted by Gasteiger charge is -2.13. The van der Waals surface area contributed by atoms with Gasteiger partial charge >= 0.3 is 0 Å². The minimum Gasteiger partial charge on any atom is -0.495 e. The van der Waals surface area contributed by atoms with Crippen LogP contribution in [-0.4, -0.2) is 29.2 Å². The first kappa shape index (κ1) is 14.6. The lowest BCUT2D eigenvalue weighted by Crippen LogP contribution is -2.14. The Labute approximate surface area is 139 Å². The van der Waals surface area contributed by atoms with E-state index in [0.717, 1.165) is 35.4 Å². The van der Waals surface area contributed by atoms with Crippen LogP contribution in [0.15, 0.2) is 29.5 Å². The second kappa shape index (κ2) is 5.92. The fourth-order valence-electron chi connectivity index (χ4n) is 2.61. The third kappa shape index (κ3) is 2.92. The van der Waals surface area contributed by atoms with Gasteiger partial charge in [0, 0.05) is 18.2 Å². The van der Waals surface area contributed by atoms with Crippen LogP contribution in [0.5, 0.6) is 5.75 Å². The summed E-state index contributed by atoms with van der Waals surface area (Å²) in [5, 5.41) is 6.04. The van der Waals surface area contributed by atoms with Gasteiger partial charge in [0.25, 0.3) is 0 Å². The van der Waals surface area contributed by atoms with Crippen LogP contribution in [0, 0.1) is 5.92 Å². The third-order valence-electron chi connectivity index (χ3n) is 4.08. The van der Waals surface area contributed by atoms with E-state index in [9.17, 15) is 4.79 Å². The quantitative estimate of drug-likeness (QED) is 0.882. The van der Waals surface area contributed by atoms with Gasteiger partial charge in [0.2, 0.25) is 5.91 Å². The second-order valence-corrected chi connectivity index (χ2v) is 5.90. The van der Waals surface area contributed by atoms with E-state index in [1.54, 1.807) is 13.2 Å². The maximum Gasteiger partial charge on any atom is 0.228 e. The second-order valence-electron chi connectivity index (χ2n) is 5.90. The van der Waals surface area contributed by atoms with Crippen LogP contribution in [0.25, 0.3) is 0 Å². The summed E-state index contributed by atoms with van der Waals surface area (Å²) >= 11 is 0. The number of carbonyl (C=O) groups excluding carboxylic acids is 1. The van der Waals surface area contributed by atoms with Gasteiger partial charge < -0.3 is 15.4 Å². The number of carbonyl (C=O) groups is 1. The van der Waals surface area contributed by atoms with E-state index in [4.69, 9.17) is 4.74 Å². The molecule has 0 radical (unpaired) electrons. The molecular formula is C17H17N5O2. The molecule has 7 nitrogen and oxygen atoms in total. The van der Waals surface area contributed by atoms with Crippen molar-refractivity contribution in [2.24, 2.45) is 10.9 Å². The maximum atomic E-state index is 11.8. The van der Waals surface area contributed by atoms with E-state index < -0.39 is 0 Å². The Kier molecular flexibility index (Phi) is 3.60. The molecule has 0 atom stereocenters. The van der Waals surface area contributed by atoms with Gasteiger partial charge in [-0.1, -0.05) is 0 Å². The molecular weight excluding hydrogens is 306 g/mol. The molecule has 2 aromatic rings. The lowest BCUT2D eigenvalue weighted by atomic mass is 10.1. The molecule has 0 saturated heterocycles. The minimum absolute atomic E-state index is 0.0194. The number of fused-ring (bicyclic) bond motifs is 1. The molecule has 2 aliphatic rings.